The molecule has 0 bridgehead atoms. The van der Waals surface area contributed by atoms with Crippen LogP contribution in [0.15, 0.2) is 23.3 Å². The first-order chi connectivity index (χ1) is 10.7. The first-order valence-electron chi connectivity index (χ1n) is 7.65. The Bertz CT molecular complexity index is 526. The summed E-state index contributed by atoms with van der Waals surface area (Å²) >= 11 is 12.0. The van der Waals surface area contributed by atoms with Crippen LogP contribution in [0.4, 0.5) is 0 Å². The summed E-state index contributed by atoms with van der Waals surface area (Å²) in [4.78, 5) is 14.1. The van der Waals surface area contributed by atoms with Gasteiger partial charge in [-0.3, -0.25) is 9.69 Å². The Hall–Kier alpha value is -1.10. The maximum atomic E-state index is 11.9. The normalized spacial score (nSPS) is 17.2. The minimum Gasteiger partial charge on any atom is -0.294 e. The number of hydrazone groups is 1. The highest BCUT2D eigenvalue weighted by molar-refractivity contribution is 6.43. The van der Waals surface area contributed by atoms with Crippen molar-refractivity contribution in [1.29, 1.82) is 0 Å². The van der Waals surface area contributed by atoms with E-state index in [1.807, 2.05) is 0 Å². The van der Waals surface area contributed by atoms with Crippen LogP contribution in [0.3, 0.4) is 0 Å². The molecule has 2 rings (SSSR count). The molecule has 0 spiro atoms. The van der Waals surface area contributed by atoms with Crippen molar-refractivity contribution < 1.29 is 4.79 Å². The van der Waals surface area contributed by atoms with Crippen LogP contribution >= 0.6 is 23.2 Å². The van der Waals surface area contributed by atoms with Gasteiger partial charge in [-0.2, -0.15) is 5.10 Å². The summed E-state index contributed by atoms with van der Waals surface area (Å²) in [5.41, 5.74) is 3.23. The summed E-state index contributed by atoms with van der Waals surface area (Å²) in [6.45, 7) is 2.36. The zero-order chi connectivity index (χ0) is 15.8. The topological polar surface area (TPSA) is 44.7 Å². The minimum atomic E-state index is -0.102. The third kappa shape index (κ3) is 5.59. The molecule has 1 aliphatic heterocycles. The van der Waals surface area contributed by atoms with Gasteiger partial charge >= 0.3 is 0 Å². The fourth-order valence-electron chi connectivity index (χ4n) is 2.50. The lowest BCUT2D eigenvalue weighted by Crippen LogP contribution is -2.37. The van der Waals surface area contributed by atoms with Crippen LogP contribution in [0.25, 0.3) is 0 Å². The van der Waals surface area contributed by atoms with Gasteiger partial charge in [0.25, 0.3) is 5.91 Å². The van der Waals surface area contributed by atoms with Crippen molar-refractivity contribution in [2.24, 2.45) is 5.10 Å². The van der Waals surface area contributed by atoms with Crippen LogP contribution in [0, 0.1) is 0 Å². The lowest BCUT2D eigenvalue weighted by Gasteiger charge is -2.23. The molecule has 1 saturated heterocycles. The van der Waals surface area contributed by atoms with E-state index in [0.29, 0.717) is 22.2 Å². The zero-order valence-corrected chi connectivity index (χ0v) is 14.0. The lowest BCUT2D eigenvalue weighted by molar-refractivity contribution is -0.122. The predicted octanol–water partition coefficient (Wildman–Crippen LogP) is 3.71. The molecule has 0 radical (unpaired) electrons. The third-order valence-electron chi connectivity index (χ3n) is 3.69. The van der Waals surface area contributed by atoms with E-state index in [4.69, 9.17) is 23.2 Å². The molecule has 0 saturated carbocycles. The number of rotatable bonds is 4. The van der Waals surface area contributed by atoms with Gasteiger partial charge in [0, 0.05) is 5.56 Å². The molecule has 1 aliphatic rings. The number of halogens is 2. The van der Waals surface area contributed by atoms with Crippen LogP contribution < -0.4 is 5.43 Å². The smallest absolute Gasteiger partial charge is 0.254 e. The average Bonchev–Trinajstić information content (AvgIpc) is 2.46. The highest BCUT2D eigenvalue weighted by atomic mass is 35.5. The number of likely N-dealkylation sites (tertiary alicyclic amines) is 1. The standard InChI is InChI=1S/C16H21Cl2N3O/c17-14-8-6-7-13(16(14)18)11-19-20-15(22)12-21-9-4-2-1-3-5-10-21/h6-8,11H,1-5,9-10,12H2,(H,20,22). The van der Waals surface area contributed by atoms with Gasteiger partial charge in [-0.05, 0) is 32.0 Å². The molecule has 0 atom stereocenters. The molecule has 1 heterocycles. The summed E-state index contributed by atoms with van der Waals surface area (Å²) in [7, 11) is 0. The molecule has 22 heavy (non-hydrogen) atoms. The third-order valence-corrected chi connectivity index (χ3v) is 4.52. The first kappa shape index (κ1) is 17.3. The summed E-state index contributed by atoms with van der Waals surface area (Å²) in [5.74, 6) is -0.102. The molecule has 6 heteroatoms. The Morgan fingerprint density at radius 1 is 1.18 bits per heavy atom. The van der Waals surface area contributed by atoms with E-state index < -0.39 is 0 Å². The Morgan fingerprint density at radius 2 is 1.86 bits per heavy atom. The van der Waals surface area contributed by atoms with Gasteiger partial charge in [0.15, 0.2) is 0 Å². The fraction of sp³-hybridized carbons (Fsp3) is 0.500. The number of amides is 1. The number of carbonyl (C=O) groups excluding carboxylic acids is 1. The molecule has 4 nitrogen and oxygen atoms in total. The molecular weight excluding hydrogens is 321 g/mol. The van der Waals surface area contributed by atoms with E-state index in [9.17, 15) is 4.79 Å². The van der Waals surface area contributed by atoms with E-state index in [2.05, 4.69) is 15.4 Å². The second kappa shape index (κ2) is 9.13. The first-order valence-corrected chi connectivity index (χ1v) is 8.40. The van der Waals surface area contributed by atoms with Gasteiger partial charge in [0.05, 0.1) is 22.8 Å². The molecule has 0 aliphatic carbocycles. The van der Waals surface area contributed by atoms with Crippen molar-refractivity contribution in [1.82, 2.24) is 10.3 Å². The minimum absolute atomic E-state index is 0.102. The summed E-state index contributed by atoms with van der Waals surface area (Å²) in [6, 6.07) is 5.29. The molecule has 0 unspecified atom stereocenters. The maximum Gasteiger partial charge on any atom is 0.254 e. The molecule has 1 aromatic carbocycles. The molecule has 0 aromatic heterocycles. The van der Waals surface area contributed by atoms with Gasteiger partial charge in [0.2, 0.25) is 0 Å². The van der Waals surface area contributed by atoms with E-state index in [0.717, 1.165) is 25.9 Å². The molecule has 1 N–H and O–H groups in total. The largest absolute Gasteiger partial charge is 0.294 e. The zero-order valence-electron chi connectivity index (χ0n) is 12.5. The van der Waals surface area contributed by atoms with Crippen LogP contribution in [-0.4, -0.2) is 36.7 Å². The second-order valence-corrected chi connectivity index (χ2v) is 6.27. The van der Waals surface area contributed by atoms with Gasteiger partial charge in [-0.1, -0.05) is 54.6 Å². The second-order valence-electron chi connectivity index (χ2n) is 5.48. The Balaban J connectivity index is 1.81. The van der Waals surface area contributed by atoms with Crippen LogP contribution in [0.2, 0.25) is 10.0 Å². The van der Waals surface area contributed by atoms with Crippen LogP contribution in [0.1, 0.15) is 37.7 Å². The van der Waals surface area contributed by atoms with Gasteiger partial charge in [-0.15, -0.1) is 0 Å². The molecular formula is C16H21Cl2N3O. The summed E-state index contributed by atoms with van der Waals surface area (Å²) < 4.78 is 0. The van der Waals surface area contributed by atoms with Crippen molar-refractivity contribution >= 4 is 35.3 Å². The van der Waals surface area contributed by atoms with E-state index in [1.165, 1.54) is 25.5 Å². The number of hydrogen-bond donors (Lipinski definition) is 1. The van der Waals surface area contributed by atoms with Crippen molar-refractivity contribution in [2.45, 2.75) is 32.1 Å². The summed E-state index contributed by atoms with van der Waals surface area (Å²) in [6.07, 6.45) is 7.65. The van der Waals surface area contributed by atoms with E-state index >= 15 is 0 Å². The van der Waals surface area contributed by atoms with Crippen LogP contribution in [-0.2, 0) is 4.79 Å². The highest BCUT2D eigenvalue weighted by Gasteiger charge is 2.11. The van der Waals surface area contributed by atoms with Crippen molar-refractivity contribution in [3.05, 3.63) is 33.8 Å². The van der Waals surface area contributed by atoms with Gasteiger partial charge < -0.3 is 0 Å². The highest BCUT2D eigenvalue weighted by Crippen LogP contribution is 2.24. The number of carbonyl (C=O) groups is 1. The van der Waals surface area contributed by atoms with Gasteiger partial charge in [-0.25, -0.2) is 5.43 Å². The Labute approximate surface area is 141 Å². The monoisotopic (exact) mass is 341 g/mol. The van der Waals surface area contributed by atoms with Crippen LogP contribution in [0.5, 0.6) is 0 Å². The SMILES string of the molecule is O=C(CN1CCCCCCC1)NN=Cc1cccc(Cl)c1Cl. The molecule has 1 amide bonds. The van der Waals surface area contributed by atoms with Gasteiger partial charge in [0.1, 0.15) is 0 Å². The Kier molecular flexibility index (Phi) is 7.16. The quantitative estimate of drug-likeness (QED) is 0.670. The summed E-state index contributed by atoms with van der Waals surface area (Å²) in [5, 5.41) is 4.86. The van der Waals surface area contributed by atoms with Crippen molar-refractivity contribution in [3.63, 3.8) is 0 Å². The average molecular weight is 342 g/mol. The van der Waals surface area contributed by atoms with Crippen molar-refractivity contribution in [2.75, 3.05) is 19.6 Å². The number of hydrogen-bond acceptors (Lipinski definition) is 3. The molecule has 1 aromatic rings. The number of benzene rings is 1. The number of nitrogens with zero attached hydrogens (tertiary/aromatic N) is 2. The lowest BCUT2D eigenvalue weighted by atomic mass is 10.1. The van der Waals surface area contributed by atoms with Crippen molar-refractivity contribution in [3.8, 4) is 0 Å². The molecule has 120 valence electrons. The molecule has 1 fully saturated rings. The van der Waals surface area contributed by atoms with E-state index in [-0.39, 0.29) is 5.91 Å². The maximum absolute atomic E-state index is 11.9. The fourth-order valence-corrected chi connectivity index (χ4v) is 2.86. The Morgan fingerprint density at radius 3 is 2.59 bits per heavy atom. The predicted molar refractivity (Wildman–Crippen MR) is 91.7 cm³/mol. The number of nitrogens with one attached hydrogen (secondary N) is 1. The van der Waals surface area contributed by atoms with E-state index in [1.54, 1.807) is 18.2 Å².